The first kappa shape index (κ1) is 20.4. The summed E-state index contributed by atoms with van der Waals surface area (Å²) in [6.07, 6.45) is 4.66. The Labute approximate surface area is 185 Å². The molecule has 0 aliphatic carbocycles. The number of hydrogen-bond donors (Lipinski definition) is 0. The molecular weight excluding hydrogens is 430 g/mol. The molecule has 1 aliphatic rings. The van der Waals surface area contributed by atoms with E-state index in [2.05, 4.69) is 29.1 Å². The first-order valence-corrected chi connectivity index (χ1v) is 13.1. The van der Waals surface area contributed by atoms with Gasteiger partial charge in [-0.3, -0.25) is 0 Å². The van der Waals surface area contributed by atoms with Crippen LogP contribution in [-0.2, 0) is 9.84 Å². The van der Waals surface area contributed by atoms with Crippen LogP contribution in [-0.4, -0.2) is 41.3 Å². The zero-order valence-corrected chi connectivity index (χ0v) is 19.3. The van der Waals surface area contributed by atoms with Gasteiger partial charge in [-0.1, -0.05) is 44.0 Å². The lowest BCUT2D eigenvalue weighted by Gasteiger charge is -2.22. The number of sulfone groups is 1. The van der Waals surface area contributed by atoms with Crippen molar-refractivity contribution in [3.05, 3.63) is 41.3 Å². The van der Waals surface area contributed by atoms with E-state index in [1.165, 1.54) is 12.8 Å². The van der Waals surface area contributed by atoms with E-state index in [0.29, 0.717) is 5.92 Å². The summed E-state index contributed by atoms with van der Waals surface area (Å²) in [6.45, 7) is 6.01. The maximum absolute atomic E-state index is 13.4. The lowest BCUT2D eigenvalue weighted by molar-refractivity contribution is 0.592. The quantitative estimate of drug-likeness (QED) is 0.445. The number of nitrogens with zero attached hydrogens (tertiary/aromatic N) is 5. The molecule has 0 unspecified atom stereocenters. The summed E-state index contributed by atoms with van der Waals surface area (Å²) < 4.78 is 29.5. The molecule has 1 aliphatic heterocycles. The molecule has 4 aromatic rings. The highest BCUT2D eigenvalue weighted by Crippen LogP contribution is 2.34. The first-order valence-electron chi connectivity index (χ1n) is 10.7. The molecule has 162 valence electrons. The number of anilines is 1. The molecule has 4 heterocycles. The molecule has 0 amide bonds. The van der Waals surface area contributed by atoms with Crippen LogP contribution in [0.3, 0.4) is 0 Å². The summed E-state index contributed by atoms with van der Waals surface area (Å²) in [5.41, 5.74) is 2.23. The highest BCUT2D eigenvalue weighted by Gasteiger charge is 2.28. The van der Waals surface area contributed by atoms with Gasteiger partial charge in [0.15, 0.2) is 11.5 Å². The standard InChI is InChI=1S/C22H25N5O2S2/c1-15(2)16-7-9-17(10-8-16)31(28,29)22-21-23-20(26-12-5-3-4-6-13-26)19-18(11-14-30-19)27(21)25-24-22/h7-11,14-15H,3-6,12-13H2,1-2H3. The Morgan fingerprint density at radius 2 is 1.71 bits per heavy atom. The van der Waals surface area contributed by atoms with Gasteiger partial charge >= 0.3 is 0 Å². The zero-order valence-electron chi connectivity index (χ0n) is 17.7. The molecule has 0 N–H and O–H groups in total. The van der Waals surface area contributed by atoms with Gasteiger partial charge in [0.25, 0.3) is 0 Å². The van der Waals surface area contributed by atoms with Crippen LogP contribution in [0.15, 0.2) is 45.6 Å². The lowest BCUT2D eigenvalue weighted by Crippen LogP contribution is -2.25. The average molecular weight is 456 g/mol. The van der Waals surface area contributed by atoms with Crippen molar-refractivity contribution in [1.82, 2.24) is 19.8 Å². The fourth-order valence-corrected chi connectivity index (χ4v) is 6.24. The number of rotatable bonds is 4. The number of benzene rings is 1. The minimum atomic E-state index is -3.84. The molecule has 3 aromatic heterocycles. The second-order valence-electron chi connectivity index (χ2n) is 8.33. The van der Waals surface area contributed by atoms with Gasteiger partial charge in [0.05, 0.1) is 15.1 Å². The van der Waals surface area contributed by atoms with Gasteiger partial charge in [-0.15, -0.1) is 16.4 Å². The third kappa shape index (κ3) is 3.49. The molecule has 1 fully saturated rings. The second-order valence-corrected chi connectivity index (χ2v) is 11.1. The van der Waals surface area contributed by atoms with E-state index in [9.17, 15) is 8.42 Å². The van der Waals surface area contributed by atoms with Crippen LogP contribution in [0.4, 0.5) is 5.82 Å². The van der Waals surface area contributed by atoms with Crippen molar-refractivity contribution in [2.24, 2.45) is 0 Å². The van der Waals surface area contributed by atoms with Crippen LogP contribution in [0.5, 0.6) is 0 Å². The van der Waals surface area contributed by atoms with Crippen LogP contribution in [0.1, 0.15) is 51.0 Å². The highest BCUT2D eigenvalue weighted by molar-refractivity contribution is 7.91. The molecular formula is C22H25N5O2S2. The predicted octanol–water partition coefficient (Wildman–Crippen LogP) is 4.68. The van der Waals surface area contributed by atoms with Crippen LogP contribution in [0.25, 0.3) is 15.9 Å². The summed E-state index contributed by atoms with van der Waals surface area (Å²) in [7, 11) is -3.84. The SMILES string of the molecule is CC(C)c1ccc(S(=O)(=O)c2nnn3c2nc(N2CCCCCC2)c2sccc23)cc1. The fourth-order valence-electron chi connectivity index (χ4n) is 4.12. The molecule has 1 aromatic carbocycles. The Morgan fingerprint density at radius 1 is 1.00 bits per heavy atom. The molecule has 7 nitrogen and oxygen atoms in total. The van der Waals surface area contributed by atoms with E-state index < -0.39 is 9.84 Å². The maximum atomic E-state index is 13.4. The zero-order chi connectivity index (χ0) is 21.6. The van der Waals surface area contributed by atoms with Gasteiger partial charge in [-0.05, 0) is 47.9 Å². The Kier molecular flexibility index (Phi) is 5.18. The van der Waals surface area contributed by atoms with Gasteiger partial charge in [-0.25, -0.2) is 13.4 Å². The lowest BCUT2D eigenvalue weighted by atomic mass is 10.0. The Balaban J connectivity index is 1.67. The Bertz CT molecular complexity index is 1330. The van der Waals surface area contributed by atoms with Crippen molar-refractivity contribution in [1.29, 1.82) is 0 Å². The normalized spacial score (nSPS) is 15.8. The van der Waals surface area contributed by atoms with Gasteiger partial charge in [0.2, 0.25) is 14.9 Å². The van der Waals surface area contributed by atoms with Gasteiger partial charge in [0, 0.05) is 13.1 Å². The Morgan fingerprint density at radius 3 is 2.39 bits per heavy atom. The van der Waals surface area contributed by atoms with Crippen molar-refractivity contribution in [3.63, 3.8) is 0 Å². The van der Waals surface area contributed by atoms with E-state index in [1.807, 2.05) is 23.6 Å². The molecule has 1 saturated heterocycles. The van der Waals surface area contributed by atoms with Crippen molar-refractivity contribution in [3.8, 4) is 0 Å². The highest BCUT2D eigenvalue weighted by atomic mass is 32.2. The van der Waals surface area contributed by atoms with E-state index >= 15 is 0 Å². The van der Waals surface area contributed by atoms with E-state index in [1.54, 1.807) is 28.0 Å². The smallest absolute Gasteiger partial charge is 0.229 e. The molecule has 0 spiro atoms. The average Bonchev–Trinajstić information content (AvgIpc) is 3.33. The number of aromatic nitrogens is 4. The monoisotopic (exact) mass is 455 g/mol. The minimum absolute atomic E-state index is 0.0889. The van der Waals surface area contributed by atoms with Gasteiger partial charge in [0.1, 0.15) is 0 Å². The van der Waals surface area contributed by atoms with Gasteiger partial charge in [-0.2, -0.15) is 4.52 Å². The van der Waals surface area contributed by atoms with Crippen LogP contribution < -0.4 is 4.90 Å². The van der Waals surface area contributed by atoms with Crippen molar-refractivity contribution in [2.75, 3.05) is 18.0 Å². The molecule has 0 bridgehead atoms. The third-order valence-electron chi connectivity index (χ3n) is 5.92. The topological polar surface area (TPSA) is 80.5 Å². The molecule has 0 radical (unpaired) electrons. The summed E-state index contributed by atoms with van der Waals surface area (Å²) in [4.78, 5) is 7.33. The molecule has 9 heteroatoms. The number of hydrogen-bond acceptors (Lipinski definition) is 7. The second kappa shape index (κ2) is 7.87. The van der Waals surface area contributed by atoms with E-state index in [-0.39, 0.29) is 15.6 Å². The Hall–Kier alpha value is -2.52. The van der Waals surface area contributed by atoms with E-state index in [4.69, 9.17) is 4.98 Å². The molecule has 31 heavy (non-hydrogen) atoms. The minimum Gasteiger partial charge on any atom is -0.355 e. The van der Waals surface area contributed by atoms with Gasteiger partial charge < -0.3 is 4.90 Å². The summed E-state index contributed by atoms with van der Waals surface area (Å²) >= 11 is 1.60. The number of thiophene rings is 1. The van der Waals surface area contributed by atoms with E-state index in [0.717, 1.165) is 47.5 Å². The molecule has 5 rings (SSSR count). The third-order valence-corrected chi connectivity index (χ3v) is 8.49. The maximum Gasteiger partial charge on any atom is 0.229 e. The van der Waals surface area contributed by atoms with Crippen molar-refractivity contribution < 1.29 is 8.42 Å². The fraction of sp³-hybridized carbons (Fsp3) is 0.409. The summed E-state index contributed by atoms with van der Waals surface area (Å²) in [5, 5.41) is 10.2. The largest absolute Gasteiger partial charge is 0.355 e. The molecule has 0 saturated carbocycles. The predicted molar refractivity (Wildman–Crippen MR) is 123 cm³/mol. The first-order chi connectivity index (χ1) is 15.0. The van der Waals surface area contributed by atoms with Crippen molar-refractivity contribution >= 4 is 42.9 Å². The summed E-state index contributed by atoms with van der Waals surface area (Å²) in [6, 6.07) is 8.97. The molecule has 0 atom stereocenters. The van der Waals surface area contributed by atoms with Crippen molar-refractivity contribution in [2.45, 2.75) is 55.4 Å². The summed E-state index contributed by atoms with van der Waals surface area (Å²) in [5.74, 6) is 1.17. The van der Waals surface area contributed by atoms with Crippen LogP contribution in [0, 0.1) is 0 Å². The van der Waals surface area contributed by atoms with Crippen LogP contribution in [0.2, 0.25) is 0 Å². The number of fused-ring (bicyclic) bond motifs is 3. The van der Waals surface area contributed by atoms with Crippen LogP contribution >= 0.6 is 11.3 Å².